The molecule has 0 aliphatic carbocycles. The molecule has 4 nitrogen and oxygen atoms in total. The largest absolute Gasteiger partial charge is 0.342 e. The maximum atomic E-state index is 13.7. The molecule has 0 aromatic heterocycles. The summed E-state index contributed by atoms with van der Waals surface area (Å²) in [6.07, 6.45) is 4.14. The van der Waals surface area contributed by atoms with Gasteiger partial charge in [-0.05, 0) is 48.3 Å². The van der Waals surface area contributed by atoms with Crippen LogP contribution in [-0.2, 0) is 24.2 Å². The summed E-state index contributed by atoms with van der Waals surface area (Å²) in [6.45, 7) is 3.06. The van der Waals surface area contributed by atoms with Crippen LogP contribution in [0.4, 0.5) is 0 Å². The Morgan fingerprint density at radius 1 is 0.706 bits per heavy atom. The molecule has 0 radical (unpaired) electrons. The van der Waals surface area contributed by atoms with Gasteiger partial charge in [-0.25, -0.2) is 0 Å². The molecule has 1 saturated heterocycles. The van der Waals surface area contributed by atoms with Crippen molar-refractivity contribution in [2.24, 2.45) is 16.8 Å². The Labute approximate surface area is 202 Å². The molecule has 0 spiro atoms. The summed E-state index contributed by atoms with van der Waals surface area (Å²) in [4.78, 5) is 23.0. The number of benzene rings is 3. The van der Waals surface area contributed by atoms with E-state index in [4.69, 9.17) is 4.99 Å². The van der Waals surface area contributed by atoms with Crippen molar-refractivity contribution in [1.29, 1.82) is 0 Å². The molecule has 0 saturated carbocycles. The smallest absolute Gasteiger partial charge is 0.234 e. The van der Waals surface area contributed by atoms with Gasteiger partial charge < -0.3 is 4.90 Å². The predicted octanol–water partition coefficient (Wildman–Crippen LogP) is 5.20. The third-order valence-electron chi connectivity index (χ3n) is 7.08. The van der Waals surface area contributed by atoms with Crippen molar-refractivity contribution in [1.82, 2.24) is 9.80 Å². The van der Waals surface area contributed by atoms with Crippen molar-refractivity contribution >= 4 is 11.9 Å². The summed E-state index contributed by atoms with van der Waals surface area (Å²) in [5, 5.41) is 0. The molecule has 4 heteroatoms. The van der Waals surface area contributed by atoms with Crippen LogP contribution in [0.1, 0.15) is 29.5 Å². The summed E-state index contributed by atoms with van der Waals surface area (Å²) in [6, 6.07) is 31.4. The number of aliphatic imine (C=N–C) groups is 1. The minimum atomic E-state index is -0.106. The second-order valence-electron chi connectivity index (χ2n) is 9.56. The van der Waals surface area contributed by atoms with Gasteiger partial charge in [0.05, 0.1) is 19.0 Å². The van der Waals surface area contributed by atoms with E-state index in [-0.39, 0.29) is 11.8 Å². The summed E-state index contributed by atoms with van der Waals surface area (Å²) in [5.74, 6) is 1.65. The molecule has 174 valence electrons. The molecule has 2 heterocycles. The van der Waals surface area contributed by atoms with Gasteiger partial charge in [0.15, 0.2) is 0 Å². The van der Waals surface area contributed by atoms with E-state index in [0.717, 1.165) is 50.3 Å². The predicted molar refractivity (Wildman–Crippen MR) is 137 cm³/mol. The fourth-order valence-electron chi connectivity index (χ4n) is 5.19. The van der Waals surface area contributed by atoms with E-state index in [1.807, 2.05) is 41.3 Å². The number of carbonyl (C=O) groups is 1. The molecular weight excluding hydrogens is 418 g/mol. The van der Waals surface area contributed by atoms with Crippen LogP contribution in [0.25, 0.3) is 0 Å². The normalized spacial score (nSPS) is 19.2. The lowest BCUT2D eigenvalue weighted by atomic mass is 9.90. The van der Waals surface area contributed by atoms with Crippen LogP contribution in [0.3, 0.4) is 0 Å². The maximum absolute atomic E-state index is 13.7. The van der Waals surface area contributed by atoms with Crippen molar-refractivity contribution in [3.05, 3.63) is 108 Å². The lowest BCUT2D eigenvalue weighted by Gasteiger charge is -2.41. The molecular formula is C30H33N3O. The zero-order chi connectivity index (χ0) is 23.2. The number of hydrogen-bond acceptors (Lipinski definition) is 3. The van der Waals surface area contributed by atoms with Gasteiger partial charge in [-0.15, -0.1) is 0 Å². The molecule has 1 fully saturated rings. The monoisotopic (exact) mass is 451 g/mol. The molecule has 34 heavy (non-hydrogen) atoms. The van der Waals surface area contributed by atoms with Crippen molar-refractivity contribution in [2.75, 3.05) is 19.6 Å². The summed E-state index contributed by atoms with van der Waals surface area (Å²) in [5.41, 5.74) is 3.75. The highest BCUT2D eigenvalue weighted by molar-refractivity contribution is 6.00. The van der Waals surface area contributed by atoms with E-state index < -0.39 is 0 Å². The van der Waals surface area contributed by atoms with Crippen LogP contribution in [0, 0.1) is 11.8 Å². The van der Waals surface area contributed by atoms with Gasteiger partial charge in [-0.1, -0.05) is 91.0 Å². The van der Waals surface area contributed by atoms with E-state index >= 15 is 0 Å². The highest BCUT2D eigenvalue weighted by atomic mass is 16.2. The average molecular weight is 452 g/mol. The van der Waals surface area contributed by atoms with E-state index in [2.05, 4.69) is 59.5 Å². The molecule has 5 rings (SSSR count). The number of amides is 1. The maximum Gasteiger partial charge on any atom is 0.234 e. The minimum Gasteiger partial charge on any atom is -0.342 e. The first-order valence-electron chi connectivity index (χ1n) is 12.5. The highest BCUT2D eigenvalue weighted by Gasteiger charge is 2.35. The molecule has 2 aliphatic heterocycles. The number of carbonyl (C=O) groups excluding carboxylic acids is 1. The molecule has 1 unspecified atom stereocenters. The second kappa shape index (κ2) is 10.7. The molecule has 3 aromatic carbocycles. The molecule has 0 N–H and O–H groups in total. The lowest BCUT2D eigenvalue weighted by Crippen LogP contribution is -2.54. The van der Waals surface area contributed by atoms with Gasteiger partial charge in [0.1, 0.15) is 0 Å². The van der Waals surface area contributed by atoms with Crippen LogP contribution in [0.2, 0.25) is 0 Å². The number of likely N-dealkylation sites (tertiary alicyclic amines) is 1. The van der Waals surface area contributed by atoms with E-state index in [1.54, 1.807) is 0 Å². The summed E-state index contributed by atoms with van der Waals surface area (Å²) >= 11 is 0. The van der Waals surface area contributed by atoms with Gasteiger partial charge in [0.25, 0.3) is 0 Å². The third-order valence-corrected chi connectivity index (χ3v) is 7.08. The SMILES string of the molecule is O=C1C(Cc2ccccc2)CN=C(N2CCC(Cc3ccccc3)CC2)N1Cc1ccccc1. The van der Waals surface area contributed by atoms with Crippen LogP contribution in [0.15, 0.2) is 96.0 Å². The lowest BCUT2D eigenvalue weighted by molar-refractivity contribution is -0.133. The first-order valence-corrected chi connectivity index (χ1v) is 12.5. The molecule has 1 atom stereocenters. The molecule has 2 aliphatic rings. The van der Waals surface area contributed by atoms with Gasteiger partial charge in [0.2, 0.25) is 11.9 Å². The number of hydrogen-bond donors (Lipinski definition) is 0. The second-order valence-corrected chi connectivity index (χ2v) is 9.56. The van der Waals surface area contributed by atoms with Crippen molar-refractivity contribution in [2.45, 2.75) is 32.2 Å². The number of nitrogens with zero attached hydrogens (tertiary/aromatic N) is 3. The Kier molecular flexibility index (Phi) is 7.04. The zero-order valence-electron chi connectivity index (χ0n) is 19.7. The molecule has 1 amide bonds. The Balaban J connectivity index is 1.30. The van der Waals surface area contributed by atoms with Crippen molar-refractivity contribution < 1.29 is 4.79 Å². The van der Waals surface area contributed by atoms with Crippen LogP contribution >= 0.6 is 0 Å². The van der Waals surface area contributed by atoms with Gasteiger partial charge in [-0.3, -0.25) is 14.7 Å². The molecule has 3 aromatic rings. The Morgan fingerprint density at radius 3 is 1.82 bits per heavy atom. The standard InChI is InChI=1S/C30H33N3O/c34-29-28(21-25-12-6-2-7-13-25)22-31-30(33(29)23-27-14-8-3-9-15-27)32-18-16-26(17-19-32)20-24-10-4-1-5-11-24/h1-15,26,28H,16-23H2. The third kappa shape index (κ3) is 5.39. The highest BCUT2D eigenvalue weighted by Crippen LogP contribution is 2.26. The zero-order valence-corrected chi connectivity index (χ0v) is 19.7. The van der Waals surface area contributed by atoms with E-state index in [0.29, 0.717) is 19.0 Å². The Hall–Kier alpha value is -3.40. The minimum absolute atomic E-state index is 0.106. The fourth-order valence-corrected chi connectivity index (χ4v) is 5.19. The quantitative estimate of drug-likeness (QED) is 0.517. The van der Waals surface area contributed by atoms with Crippen LogP contribution < -0.4 is 0 Å². The summed E-state index contributed by atoms with van der Waals surface area (Å²) < 4.78 is 0. The van der Waals surface area contributed by atoms with Crippen LogP contribution in [0.5, 0.6) is 0 Å². The van der Waals surface area contributed by atoms with E-state index in [1.165, 1.54) is 11.1 Å². The first kappa shape index (κ1) is 22.4. The van der Waals surface area contributed by atoms with E-state index in [9.17, 15) is 4.79 Å². The van der Waals surface area contributed by atoms with Gasteiger partial charge in [-0.2, -0.15) is 0 Å². The van der Waals surface area contributed by atoms with Crippen LogP contribution in [-0.4, -0.2) is 41.3 Å². The Bertz CT molecular complexity index is 1090. The van der Waals surface area contributed by atoms with Gasteiger partial charge in [0, 0.05) is 13.1 Å². The summed E-state index contributed by atoms with van der Waals surface area (Å²) in [7, 11) is 0. The average Bonchev–Trinajstić information content (AvgIpc) is 2.89. The van der Waals surface area contributed by atoms with Crippen molar-refractivity contribution in [3.63, 3.8) is 0 Å². The van der Waals surface area contributed by atoms with Gasteiger partial charge >= 0.3 is 0 Å². The fraction of sp³-hybridized carbons (Fsp3) is 0.333. The first-order chi connectivity index (χ1) is 16.8. The van der Waals surface area contributed by atoms with Crippen molar-refractivity contribution in [3.8, 4) is 0 Å². The topological polar surface area (TPSA) is 35.9 Å². The number of guanidine groups is 1. The molecule has 0 bridgehead atoms. The Morgan fingerprint density at radius 2 is 1.24 bits per heavy atom. The number of piperidine rings is 1. The number of rotatable bonds is 6.